The highest BCUT2D eigenvalue weighted by Crippen LogP contribution is 2.33. The van der Waals surface area contributed by atoms with E-state index in [1.807, 2.05) is 0 Å². The average molecular weight is 413 g/mol. The largest absolute Gasteiger partial charge is 0.573 e. The molecule has 0 fully saturated rings. The van der Waals surface area contributed by atoms with Crippen LogP contribution in [0.2, 0.25) is 0 Å². The van der Waals surface area contributed by atoms with E-state index in [0.717, 1.165) is 0 Å². The van der Waals surface area contributed by atoms with Gasteiger partial charge in [0, 0.05) is 6.07 Å². The first-order valence-electron chi connectivity index (χ1n) is 4.05. The predicted octanol–water partition coefficient (Wildman–Crippen LogP) is 1.14. The first kappa shape index (κ1) is 15.8. The Bertz CT molecular complexity index is 632. The summed E-state index contributed by atoms with van der Waals surface area (Å²) in [5.41, 5.74) is 0. The number of ether oxygens (including phenoxy) is 1. The van der Waals surface area contributed by atoms with Gasteiger partial charge < -0.3 is 14.9 Å². The highest BCUT2D eigenvalue weighted by molar-refractivity contribution is 14.1. The van der Waals surface area contributed by atoms with Crippen molar-refractivity contribution in [3.63, 3.8) is 0 Å². The minimum absolute atomic E-state index is 0.343. The zero-order chi connectivity index (χ0) is 15.0. The topological polar surface area (TPSA) is 125 Å². The molecule has 0 aromatic carbocycles. The molecular formula is C6H3F3IN3O5S. The van der Waals surface area contributed by atoms with Crippen molar-refractivity contribution in [3.05, 3.63) is 19.8 Å². The van der Waals surface area contributed by atoms with Crippen molar-refractivity contribution in [1.82, 2.24) is 4.98 Å². The van der Waals surface area contributed by atoms with Crippen molar-refractivity contribution in [2.75, 3.05) is 0 Å². The van der Waals surface area contributed by atoms with Crippen molar-refractivity contribution in [2.24, 2.45) is 5.14 Å². The second kappa shape index (κ2) is 5.04. The number of pyridine rings is 1. The average Bonchev–Trinajstić information content (AvgIpc) is 2.11. The molecule has 13 heteroatoms. The van der Waals surface area contributed by atoms with Crippen LogP contribution < -0.4 is 9.88 Å². The molecule has 0 radical (unpaired) electrons. The minimum atomic E-state index is -5.18. The maximum absolute atomic E-state index is 12.0. The highest BCUT2D eigenvalue weighted by Gasteiger charge is 2.37. The Kier molecular flexibility index (Phi) is 4.20. The summed E-state index contributed by atoms with van der Waals surface area (Å²) in [5, 5.41) is 14.4. The molecule has 8 nitrogen and oxygen atoms in total. The van der Waals surface area contributed by atoms with Crippen LogP contribution >= 0.6 is 22.6 Å². The lowest BCUT2D eigenvalue weighted by Crippen LogP contribution is -2.20. The molecule has 0 aliphatic rings. The molecule has 106 valence electrons. The van der Waals surface area contributed by atoms with Crippen molar-refractivity contribution >= 4 is 38.4 Å². The van der Waals surface area contributed by atoms with Gasteiger partial charge in [0.25, 0.3) is 15.0 Å². The summed E-state index contributed by atoms with van der Waals surface area (Å²) in [6, 6.07) is 0.513. The highest BCUT2D eigenvalue weighted by atomic mass is 127. The van der Waals surface area contributed by atoms with E-state index in [1.165, 1.54) is 22.6 Å². The van der Waals surface area contributed by atoms with E-state index in [0.29, 0.717) is 6.07 Å². The molecule has 0 aliphatic carbocycles. The molecule has 0 aliphatic heterocycles. The van der Waals surface area contributed by atoms with Gasteiger partial charge in [0.15, 0.2) is 0 Å². The first-order valence-corrected chi connectivity index (χ1v) is 6.68. The quantitative estimate of drug-likeness (QED) is 0.450. The number of rotatable bonds is 3. The van der Waals surface area contributed by atoms with E-state index < -0.39 is 37.9 Å². The van der Waals surface area contributed by atoms with E-state index >= 15 is 0 Å². The van der Waals surface area contributed by atoms with Gasteiger partial charge in [0.2, 0.25) is 5.75 Å². The summed E-state index contributed by atoms with van der Waals surface area (Å²) in [6.07, 6.45) is -5.18. The second-order valence-corrected chi connectivity index (χ2v) is 5.59. The Morgan fingerprint density at radius 3 is 2.37 bits per heavy atom. The molecule has 0 spiro atoms. The SMILES string of the molecule is NS(=O)(=O)c1nc([N+](=O)[O-])c(OC(F)(F)F)cc1I. The zero-order valence-corrected chi connectivity index (χ0v) is 11.5. The number of hydrogen-bond acceptors (Lipinski definition) is 6. The van der Waals surface area contributed by atoms with Crippen LogP contribution in [0.15, 0.2) is 11.1 Å². The lowest BCUT2D eigenvalue weighted by atomic mass is 10.4. The number of primary sulfonamides is 1. The first-order chi connectivity index (χ1) is 8.42. The molecule has 0 amide bonds. The van der Waals surface area contributed by atoms with Gasteiger partial charge in [-0.1, -0.05) is 0 Å². The van der Waals surface area contributed by atoms with E-state index in [1.54, 1.807) is 0 Å². The lowest BCUT2D eigenvalue weighted by molar-refractivity contribution is -0.393. The molecule has 0 atom stereocenters. The molecule has 0 bridgehead atoms. The molecule has 0 saturated heterocycles. The Labute approximate surface area is 117 Å². The normalized spacial score (nSPS) is 12.3. The third-order valence-corrected chi connectivity index (χ3v) is 3.60. The Morgan fingerprint density at radius 2 is 2.00 bits per heavy atom. The molecule has 2 N–H and O–H groups in total. The Morgan fingerprint density at radius 1 is 1.47 bits per heavy atom. The van der Waals surface area contributed by atoms with Crippen LogP contribution in [0.25, 0.3) is 0 Å². The van der Waals surface area contributed by atoms with Crippen LogP contribution in [0, 0.1) is 13.7 Å². The van der Waals surface area contributed by atoms with Crippen molar-refractivity contribution < 1.29 is 31.2 Å². The number of halogens is 4. The molecule has 1 rings (SSSR count). The number of nitrogens with two attached hydrogens (primary N) is 1. The van der Waals surface area contributed by atoms with Crippen LogP contribution in [0.4, 0.5) is 19.0 Å². The van der Waals surface area contributed by atoms with Crippen molar-refractivity contribution in [1.29, 1.82) is 0 Å². The van der Waals surface area contributed by atoms with Crippen LogP contribution in [0.1, 0.15) is 0 Å². The predicted molar refractivity (Wildman–Crippen MR) is 61.7 cm³/mol. The molecular weight excluding hydrogens is 410 g/mol. The smallest absolute Gasteiger partial charge is 0.397 e. The maximum atomic E-state index is 12.0. The monoisotopic (exact) mass is 413 g/mol. The van der Waals surface area contributed by atoms with Gasteiger partial charge in [-0.25, -0.2) is 13.6 Å². The number of nitrogens with zero attached hydrogens (tertiary/aromatic N) is 2. The number of hydrogen-bond donors (Lipinski definition) is 1. The van der Waals surface area contributed by atoms with E-state index in [-0.39, 0.29) is 3.57 Å². The molecule has 0 saturated carbocycles. The number of nitro groups is 1. The Hall–Kier alpha value is -1.22. The van der Waals surface area contributed by atoms with Crippen LogP contribution in [0.3, 0.4) is 0 Å². The zero-order valence-electron chi connectivity index (χ0n) is 8.51. The summed E-state index contributed by atoms with van der Waals surface area (Å²) in [6.45, 7) is 0. The summed E-state index contributed by atoms with van der Waals surface area (Å²) in [5.74, 6) is -2.63. The van der Waals surface area contributed by atoms with Gasteiger partial charge in [-0.2, -0.15) is 0 Å². The van der Waals surface area contributed by atoms with Gasteiger partial charge in [0.1, 0.15) is 0 Å². The van der Waals surface area contributed by atoms with E-state index in [2.05, 4.69) is 9.72 Å². The minimum Gasteiger partial charge on any atom is -0.397 e. The van der Waals surface area contributed by atoms with Gasteiger partial charge >= 0.3 is 12.2 Å². The van der Waals surface area contributed by atoms with Crippen LogP contribution in [0.5, 0.6) is 5.75 Å². The fourth-order valence-electron chi connectivity index (χ4n) is 0.976. The van der Waals surface area contributed by atoms with Gasteiger partial charge in [0.05, 0.1) is 3.57 Å². The number of aromatic nitrogens is 1. The molecule has 0 unspecified atom stereocenters. The fraction of sp³-hybridized carbons (Fsp3) is 0.167. The summed E-state index contributed by atoms with van der Waals surface area (Å²) in [4.78, 5) is 12.2. The van der Waals surface area contributed by atoms with Crippen LogP contribution in [-0.2, 0) is 10.0 Å². The van der Waals surface area contributed by atoms with Gasteiger partial charge in [-0.15, -0.1) is 13.2 Å². The maximum Gasteiger partial charge on any atom is 0.573 e. The molecule has 1 aromatic heterocycles. The summed E-state index contributed by atoms with van der Waals surface area (Å²) in [7, 11) is -4.41. The Balaban J connectivity index is 3.51. The number of alkyl halides is 3. The summed E-state index contributed by atoms with van der Waals surface area (Å²) < 4.78 is 61.3. The molecule has 1 aromatic rings. The third-order valence-electron chi connectivity index (χ3n) is 1.56. The molecule has 1 heterocycles. The van der Waals surface area contributed by atoms with Gasteiger partial charge in [-0.05, 0) is 32.5 Å². The lowest BCUT2D eigenvalue weighted by Gasteiger charge is -2.09. The third kappa shape index (κ3) is 4.13. The van der Waals surface area contributed by atoms with Crippen molar-refractivity contribution in [2.45, 2.75) is 11.4 Å². The molecule has 19 heavy (non-hydrogen) atoms. The van der Waals surface area contributed by atoms with Crippen molar-refractivity contribution in [3.8, 4) is 5.75 Å². The summed E-state index contributed by atoms with van der Waals surface area (Å²) >= 11 is 1.31. The number of sulfonamides is 1. The second-order valence-electron chi connectivity index (χ2n) is 2.95. The van der Waals surface area contributed by atoms with E-state index in [9.17, 15) is 31.7 Å². The van der Waals surface area contributed by atoms with E-state index in [4.69, 9.17) is 5.14 Å². The van der Waals surface area contributed by atoms with Gasteiger partial charge in [-0.3, -0.25) is 0 Å². The standard InChI is InChI=1S/C6H3F3IN3O5S/c7-6(8,9)18-3-1-2(10)5(19(11,16)17)12-4(3)13(14)15/h1H,(H2,11,16,17). The fourth-order valence-corrected chi connectivity index (χ4v) is 2.84. The van der Waals surface area contributed by atoms with Crippen LogP contribution in [-0.4, -0.2) is 24.7 Å².